The smallest absolute Gasteiger partial charge is 0.167 e. The number of aromatic nitrogens is 4. The van der Waals surface area contributed by atoms with Gasteiger partial charge in [-0.2, -0.15) is 0 Å². The highest BCUT2D eigenvalue weighted by Gasteiger charge is 2.26. The van der Waals surface area contributed by atoms with E-state index in [2.05, 4.69) is 98.4 Å². The zero-order chi connectivity index (χ0) is 45.0. The van der Waals surface area contributed by atoms with E-state index in [1.807, 2.05) is 48.5 Å². The van der Waals surface area contributed by atoms with E-state index >= 15 is 0 Å². The Balaban J connectivity index is 1.13. The molecule has 0 atom stereocenters. The monoisotopic (exact) mass is 836 g/mol. The van der Waals surface area contributed by atoms with E-state index in [9.17, 15) is 30.6 Å². The molecule has 0 saturated heterocycles. The van der Waals surface area contributed by atoms with Crippen molar-refractivity contribution >= 4 is 107 Å². The molecule has 11 rings (SSSR count). The number of aromatic hydroxyl groups is 6. The molecule has 0 aliphatic heterocycles. The topological polar surface area (TPSA) is 165 Å². The molecule has 8 radical (unpaired) electrons. The highest BCUT2D eigenvalue weighted by molar-refractivity contribution is 6.44. The Bertz CT molecular complexity index is 3720. The van der Waals surface area contributed by atoms with Gasteiger partial charge < -0.3 is 35.2 Å². The van der Waals surface area contributed by atoms with E-state index < -0.39 is 56.3 Å². The number of hydrogen-bond donors (Lipinski definition) is 6. The molecule has 2 aromatic heterocycles. The van der Waals surface area contributed by atoms with Crippen LogP contribution in [-0.4, -0.2) is 81.5 Å². The summed E-state index contributed by atoms with van der Waals surface area (Å²) in [5.74, 6) is -5.63. The Kier molecular flexibility index (Phi) is 8.87. The summed E-state index contributed by atoms with van der Waals surface area (Å²) in [6, 6.07) is 45.5. The molecule has 0 aliphatic rings. The average Bonchev–Trinajstić information content (AvgIpc) is 3.67. The van der Waals surface area contributed by atoms with Crippen molar-refractivity contribution in [3.05, 3.63) is 133 Å². The summed E-state index contributed by atoms with van der Waals surface area (Å²) in [6.45, 7) is 0. The van der Waals surface area contributed by atoms with E-state index in [4.69, 9.17) is 31.4 Å². The SMILES string of the molecule is [B]c1c(O)c(O)c([B])c(-c2nc(-c3ccc4c5cc(-c6ccc7c(c6)c6ccccc6n7-c6ccccc6)ccc5c5ccccc5c4c3)nc(-c3c([B])c(O)c(O)c([B])c3O)n2)c1O. The minimum atomic E-state index is -0.857. The summed E-state index contributed by atoms with van der Waals surface area (Å²) in [4.78, 5) is 13.7. The van der Waals surface area contributed by atoms with Crippen LogP contribution in [0.25, 0.3) is 105 Å². The van der Waals surface area contributed by atoms with Gasteiger partial charge in [0.05, 0.1) is 22.2 Å². The van der Waals surface area contributed by atoms with Gasteiger partial charge in [0.1, 0.15) is 42.9 Å². The van der Waals surface area contributed by atoms with Gasteiger partial charge in [-0.3, -0.25) is 0 Å². The lowest BCUT2D eigenvalue weighted by Crippen LogP contribution is -2.20. The number of rotatable bonds is 5. The van der Waals surface area contributed by atoms with Crippen molar-refractivity contribution < 1.29 is 30.6 Å². The van der Waals surface area contributed by atoms with Gasteiger partial charge in [0.25, 0.3) is 0 Å². The third-order valence-electron chi connectivity index (χ3n) is 12.2. The number of para-hydroxylation sites is 2. The second kappa shape index (κ2) is 14.6. The molecule has 2 heterocycles. The Hall–Kier alpha value is -8.37. The summed E-state index contributed by atoms with van der Waals surface area (Å²) in [5, 5.41) is 72.4. The quantitative estimate of drug-likeness (QED) is 0.0491. The first-order chi connectivity index (χ1) is 31.4. The Labute approximate surface area is 375 Å². The molecule has 0 unspecified atom stereocenters. The molecule has 0 bridgehead atoms. The maximum Gasteiger partial charge on any atom is 0.167 e. The van der Waals surface area contributed by atoms with E-state index in [-0.39, 0.29) is 28.6 Å². The lowest BCUT2D eigenvalue weighted by Gasteiger charge is -2.18. The number of hydrogen-bond acceptors (Lipinski definition) is 9. The third-order valence-corrected chi connectivity index (χ3v) is 12.2. The van der Waals surface area contributed by atoms with E-state index in [1.165, 1.54) is 0 Å². The molecule has 0 saturated carbocycles. The van der Waals surface area contributed by atoms with Crippen LogP contribution in [0, 0.1) is 0 Å². The second-order valence-electron chi connectivity index (χ2n) is 15.8. The van der Waals surface area contributed by atoms with Crippen molar-refractivity contribution in [2.24, 2.45) is 0 Å². The minimum absolute atomic E-state index is 0.0253. The average molecular weight is 836 g/mol. The van der Waals surface area contributed by atoms with Crippen LogP contribution in [0.5, 0.6) is 34.5 Å². The molecule has 0 aliphatic carbocycles. The Morgan fingerprint density at radius 3 is 1.32 bits per heavy atom. The first-order valence-electron chi connectivity index (χ1n) is 20.3. The zero-order valence-corrected chi connectivity index (χ0v) is 34.0. The van der Waals surface area contributed by atoms with Gasteiger partial charge in [0, 0.05) is 22.0 Å². The van der Waals surface area contributed by atoms with E-state index in [0.29, 0.717) is 5.56 Å². The molecule has 11 aromatic rings. The van der Waals surface area contributed by atoms with Crippen molar-refractivity contribution in [1.29, 1.82) is 0 Å². The molecular weight excluding hydrogens is 808 g/mol. The van der Waals surface area contributed by atoms with Gasteiger partial charge >= 0.3 is 0 Å². The molecule has 300 valence electrons. The van der Waals surface area contributed by atoms with Crippen LogP contribution in [0.4, 0.5) is 0 Å². The van der Waals surface area contributed by atoms with Crippen LogP contribution in [-0.2, 0) is 0 Å². The molecular formula is C51H28B4N4O6. The summed E-state index contributed by atoms with van der Waals surface area (Å²) in [5.41, 5.74) is 2.81. The lowest BCUT2D eigenvalue weighted by molar-refractivity contribution is 0.404. The largest absolute Gasteiger partial charge is 0.508 e. The van der Waals surface area contributed by atoms with Crippen molar-refractivity contribution in [2.45, 2.75) is 0 Å². The minimum Gasteiger partial charge on any atom is -0.508 e. The molecule has 0 spiro atoms. The van der Waals surface area contributed by atoms with Gasteiger partial charge in [-0.15, -0.1) is 0 Å². The van der Waals surface area contributed by atoms with Crippen LogP contribution in [0.15, 0.2) is 133 Å². The number of phenols is 6. The van der Waals surface area contributed by atoms with Gasteiger partial charge in [-0.1, -0.05) is 91.0 Å². The number of nitrogens with zero attached hydrogens (tertiary/aromatic N) is 4. The zero-order valence-electron chi connectivity index (χ0n) is 34.0. The second-order valence-corrected chi connectivity index (χ2v) is 15.8. The predicted octanol–water partition coefficient (Wildman–Crippen LogP) is 6.51. The van der Waals surface area contributed by atoms with Crippen molar-refractivity contribution in [3.63, 3.8) is 0 Å². The molecule has 0 fully saturated rings. The molecule has 6 N–H and O–H groups in total. The Morgan fingerprint density at radius 2 is 0.723 bits per heavy atom. The highest BCUT2D eigenvalue weighted by Crippen LogP contribution is 2.42. The van der Waals surface area contributed by atoms with Gasteiger partial charge in [-0.05, 0) is 108 Å². The number of phenolic OH excluding ortho intramolecular Hbond substituents is 6. The molecule has 65 heavy (non-hydrogen) atoms. The molecule has 10 nitrogen and oxygen atoms in total. The number of benzene rings is 9. The van der Waals surface area contributed by atoms with Gasteiger partial charge in [0.15, 0.2) is 40.5 Å². The predicted molar refractivity (Wildman–Crippen MR) is 260 cm³/mol. The summed E-state index contributed by atoms with van der Waals surface area (Å²) < 4.78 is 2.29. The van der Waals surface area contributed by atoms with E-state index in [0.717, 1.165) is 70.9 Å². The van der Waals surface area contributed by atoms with Crippen molar-refractivity contribution in [2.75, 3.05) is 0 Å². The molecule has 9 aromatic carbocycles. The maximum atomic E-state index is 11.2. The van der Waals surface area contributed by atoms with Crippen LogP contribution in [0.3, 0.4) is 0 Å². The fourth-order valence-corrected chi connectivity index (χ4v) is 8.96. The fourth-order valence-electron chi connectivity index (χ4n) is 8.96. The van der Waals surface area contributed by atoms with Crippen molar-refractivity contribution in [1.82, 2.24) is 19.5 Å². The van der Waals surface area contributed by atoms with E-state index in [1.54, 1.807) is 6.07 Å². The Morgan fingerprint density at radius 1 is 0.323 bits per heavy atom. The number of fused-ring (bicyclic) bond motifs is 9. The summed E-state index contributed by atoms with van der Waals surface area (Å²) in [6.07, 6.45) is 0. The third kappa shape index (κ3) is 5.90. The first-order valence-corrected chi connectivity index (χ1v) is 20.3. The lowest BCUT2D eigenvalue weighted by atomic mass is 9.80. The fraction of sp³-hybridized carbons (Fsp3) is 0. The van der Waals surface area contributed by atoms with Crippen LogP contribution in [0.1, 0.15) is 0 Å². The van der Waals surface area contributed by atoms with Gasteiger partial charge in [-0.25, -0.2) is 15.0 Å². The summed E-state index contributed by atoms with van der Waals surface area (Å²) in [7, 11) is 24.3. The highest BCUT2D eigenvalue weighted by atomic mass is 16.3. The maximum absolute atomic E-state index is 11.2. The normalized spacial score (nSPS) is 11.7. The van der Waals surface area contributed by atoms with Gasteiger partial charge in [0.2, 0.25) is 0 Å². The van der Waals surface area contributed by atoms with Crippen molar-refractivity contribution in [3.8, 4) is 85.5 Å². The summed E-state index contributed by atoms with van der Waals surface area (Å²) >= 11 is 0. The van der Waals surface area contributed by atoms with Crippen LogP contribution in [0.2, 0.25) is 0 Å². The van der Waals surface area contributed by atoms with Crippen LogP contribution < -0.4 is 21.9 Å². The molecule has 14 heteroatoms. The van der Waals surface area contributed by atoms with Crippen LogP contribution >= 0.6 is 0 Å². The molecule has 0 amide bonds. The first kappa shape index (κ1) is 39.5. The standard InChI is InChI=1S/C51H28B4N4O6/c52-39-37(43(60)41(54)47(64)45(39)62)50-56-49(57-51(58-50)38-40(53)46(63)48(65)42(55)44(38)61)25-15-18-30-32-20-23(14-17-29(32)27-10-4-5-11-28(27)33(30)22-25)24-16-19-36-34(21-24)31-12-6-7-13-35(31)59(36)26-8-2-1-3-9-26/h1-22,60-65H.